The number of carbonyl (C=O) groups is 1. The molecule has 0 fully saturated rings. The highest BCUT2D eigenvalue weighted by atomic mass is 16.5. The molecule has 0 saturated carbocycles. The summed E-state index contributed by atoms with van der Waals surface area (Å²) in [6, 6.07) is 3.43. The van der Waals surface area contributed by atoms with Gasteiger partial charge in [0.15, 0.2) is 0 Å². The van der Waals surface area contributed by atoms with Gasteiger partial charge in [-0.3, -0.25) is 9.48 Å². The van der Waals surface area contributed by atoms with Crippen LogP contribution in [0, 0.1) is 13.8 Å². The molecule has 0 saturated heterocycles. The summed E-state index contributed by atoms with van der Waals surface area (Å²) in [6.45, 7) is 3.68. The smallest absolute Gasteiger partial charge is 0.259 e. The molecule has 2 aromatic heterocycles. The zero-order chi connectivity index (χ0) is 14.0. The number of ether oxygens (including phenoxy) is 1. The number of nitrogens with zero attached hydrogens (tertiary/aromatic N) is 3. The fourth-order valence-electron chi connectivity index (χ4n) is 1.87. The molecule has 6 nitrogen and oxygen atoms in total. The molecule has 0 aliphatic carbocycles. The third-order valence-electron chi connectivity index (χ3n) is 2.94. The normalized spacial score (nSPS) is 10.3. The van der Waals surface area contributed by atoms with Crippen LogP contribution in [0.15, 0.2) is 18.3 Å². The van der Waals surface area contributed by atoms with Gasteiger partial charge in [0.25, 0.3) is 5.91 Å². The van der Waals surface area contributed by atoms with Crippen LogP contribution < -0.4 is 10.1 Å². The number of methoxy groups -OCH3 is 1. The van der Waals surface area contributed by atoms with E-state index in [4.69, 9.17) is 4.74 Å². The quantitative estimate of drug-likeness (QED) is 0.911. The number of nitrogens with one attached hydrogen (secondary N) is 1. The van der Waals surface area contributed by atoms with Gasteiger partial charge < -0.3 is 10.1 Å². The van der Waals surface area contributed by atoms with E-state index in [0.717, 1.165) is 5.69 Å². The highest BCUT2D eigenvalue weighted by Crippen LogP contribution is 2.16. The molecule has 19 heavy (non-hydrogen) atoms. The van der Waals surface area contributed by atoms with Crippen molar-refractivity contribution in [1.29, 1.82) is 0 Å². The molecule has 0 spiro atoms. The van der Waals surface area contributed by atoms with Crippen LogP contribution in [0.1, 0.15) is 21.7 Å². The molecule has 2 rings (SSSR count). The first-order valence-electron chi connectivity index (χ1n) is 5.84. The summed E-state index contributed by atoms with van der Waals surface area (Å²) in [7, 11) is 3.36. The molecule has 1 amide bonds. The first-order valence-corrected chi connectivity index (χ1v) is 5.84. The molecule has 0 radical (unpaired) electrons. The Morgan fingerprint density at radius 1 is 1.37 bits per heavy atom. The van der Waals surface area contributed by atoms with Crippen LogP contribution in [0.25, 0.3) is 0 Å². The van der Waals surface area contributed by atoms with Crippen molar-refractivity contribution in [1.82, 2.24) is 14.8 Å². The maximum atomic E-state index is 12.2. The average molecular weight is 260 g/mol. The summed E-state index contributed by atoms with van der Waals surface area (Å²) in [5, 5.41) is 7.02. The van der Waals surface area contributed by atoms with Crippen LogP contribution in [0.4, 0.5) is 5.69 Å². The van der Waals surface area contributed by atoms with Gasteiger partial charge in [-0.1, -0.05) is 0 Å². The zero-order valence-electron chi connectivity index (χ0n) is 11.4. The second-order valence-corrected chi connectivity index (χ2v) is 4.21. The lowest BCUT2D eigenvalue weighted by Gasteiger charge is -2.06. The van der Waals surface area contributed by atoms with Crippen molar-refractivity contribution < 1.29 is 9.53 Å². The van der Waals surface area contributed by atoms with Crippen LogP contribution in [-0.4, -0.2) is 27.8 Å². The van der Waals surface area contributed by atoms with Gasteiger partial charge in [-0.05, 0) is 19.9 Å². The largest absolute Gasteiger partial charge is 0.481 e. The van der Waals surface area contributed by atoms with E-state index < -0.39 is 0 Å². The Kier molecular flexibility index (Phi) is 3.50. The molecular formula is C13H16N4O2. The SMILES string of the molecule is COc1ccc(NC(=O)c2c(C)nn(C)c2C)cn1. The van der Waals surface area contributed by atoms with Gasteiger partial charge in [0, 0.05) is 18.8 Å². The topological polar surface area (TPSA) is 69.0 Å². The highest BCUT2D eigenvalue weighted by molar-refractivity contribution is 6.05. The molecule has 1 N–H and O–H groups in total. The molecule has 6 heteroatoms. The Bertz CT molecular complexity index is 602. The lowest BCUT2D eigenvalue weighted by atomic mass is 10.2. The van der Waals surface area contributed by atoms with Gasteiger partial charge >= 0.3 is 0 Å². The summed E-state index contributed by atoms with van der Waals surface area (Å²) >= 11 is 0. The molecule has 0 aromatic carbocycles. The van der Waals surface area contributed by atoms with E-state index in [1.165, 1.54) is 0 Å². The van der Waals surface area contributed by atoms with Crippen LogP contribution >= 0.6 is 0 Å². The number of aromatic nitrogens is 3. The van der Waals surface area contributed by atoms with Crippen molar-refractivity contribution in [2.75, 3.05) is 12.4 Å². The molecule has 0 aliphatic rings. The second kappa shape index (κ2) is 5.09. The number of anilines is 1. The van der Waals surface area contributed by atoms with E-state index in [2.05, 4.69) is 15.4 Å². The van der Waals surface area contributed by atoms with Gasteiger partial charge in [0.2, 0.25) is 5.88 Å². The van der Waals surface area contributed by atoms with Crippen LogP contribution in [-0.2, 0) is 7.05 Å². The van der Waals surface area contributed by atoms with E-state index in [0.29, 0.717) is 22.8 Å². The van der Waals surface area contributed by atoms with Gasteiger partial charge in [-0.25, -0.2) is 4.98 Å². The predicted octanol–water partition coefficient (Wildman–Crippen LogP) is 1.69. The van der Waals surface area contributed by atoms with Gasteiger partial charge in [0.05, 0.1) is 30.3 Å². The third kappa shape index (κ3) is 2.57. The van der Waals surface area contributed by atoms with Crippen molar-refractivity contribution in [3.63, 3.8) is 0 Å². The number of amides is 1. The summed E-state index contributed by atoms with van der Waals surface area (Å²) in [6.07, 6.45) is 1.55. The minimum atomic E-state index is -0.185. The Labute approximate surface area is 111 Å². The molecular weight excluding hydrogens is 244 g/mol. The molecule has 0 unspecified atom stereocenters. The van der Waals surface area contributed by atoms with Gasteiger partial charge in [-0.2, -0.15) is 5.10 Å². The van der Waals surface area contributed by atoms with Gasteiger partial charge in [-0.15, -0.1) is 0 Å². The van der Waals surface area contributed by atoms with Crippen molar-refractivity contribution in [3.8, 4) is 5.88 Å². The summed E-state index contributed by atoms with van der Waals surface area (Å²) in [5.74, 6) is 0.321. The van der Waals surface area contributed by atoms with E-state index in [-0.39, 0.29) is 5.91 Å². The minimum absolute atomic E-state index is 0.185. The van der Waals surface area contributed by atoms with Crippen molar-refractivity contribution in [2.45, 2.75) is 13.8 Å². The Morgan fingerprint density at radius 2 is 2.11 bits per heavy atom. The monoisotopic (exact) mass is 260 g/mol. The van der Waals surface area contributed by atoms with E-state index in [1.54, 1.807) is 30.1 Å². The number of rotatable bonds is 3. The van der Waals surface area contributed by atoms with Crippen LogP contribution in [0.5, 0.6) is 5.88 Å². The first kappa shape index (κ1) is 13.1. The van der Waals surface area contributed by atoms with Gasteiger partial charge in [0.1, 0.15) is 0 Å². The van der Waals surface area contributed by atoms with Crippen molar-refractivity contribution in [3.05, 3.63) is 35.3 Å². The number of hydrogen-bond donors (Lipinski definition) is 1. The predicted molar refractivity (Wildman–Crippen MR) is 71.4 cm³/mol. The number of aryl methyl sites for hydroxylation is 2. The van der Waals surface area contributed by atoms with Crippen LogP contribution in [0.3, 0.4) is 0 Å². The maximum Gasteiger partial charge on any atom is 0.259 e. The Hall–Kier alpha value is -2.37. The first-order chi connectivity index (χ1) is 9.02. The fourth-order valence-corrected chi connectivity index (χ4v) is 1.87. The summed E-state index contributed by atoms with van der Waals surface area (Å²) < 4.78 is 6.65. The van der Waals surface area contributed by atoms with Crippen LogP contribution in [0.2, 0.25) is 0 Å². The molecule has 2 heterocycles. The number of hydrogen-bond acceptors (Lipinski definition) is 4. The highest BCUT2D eigenvalue weighted by Gasteiger charge is 2.17. The third-order valence-corrected chi connectivity index (χ3v) is 2.94. The molecule has 0 atom stereocenters. The molecule has 100 valence electrons. The fraction of sp³-hybridized carbons (Fsp3) is 0.308. The molecule has 0 aliphatic heterocycles. The second-order valence-electron chi connectivity index (χ2n) is 4.21. The lowest BCUT2D eigenvalue weighted by Crippen LogP contribution is -2.14. The maximum absolute atomic E-state index is 12.2. The molecule has 0 bridgehead atoms. The lowest BCUT2D eigenvalue weighted by molar-refractivity contribution is 0.102. The van der Waals surface area contributed by atoms with E-state index in [9.17, 15) is 4.79 Å². The standard InChI is InChI=1S/C13H16N4O2/c1-8-12(9(2)17(3)16-8)13(18)15-10-5-6-11(19-4)14-7-10/h5-7H,1-4H3,(H,15,18). The Morgan fingerprint density at radius 3 is 2.58 bits per heavy atom. The number of carbonyl (C=O) groups excluding carboxylic acids is 1. The van der Waals surface area contributed by atoms with Crippen molar-refractivity contribution >= 4 is 11.6 Å². The Balaban J connectivity index is 2.20. The van der Waals surface area contributed by atoms with E-state index >= 15 is 0 Å². The average Bonchev–Trinajstić information content (AvgIpc) is 2.64. The van der Waals surface area contributed by atoms with E-state index in [1.807, 2.05) is 20.9 Å². The van der Waals surface area contributed by atoms with Crippen molar-refractivity contribution in [2.24, 2.45) is 7.05 Å². The minimum Gasteiger partial charge on any atom is -0.481 e. The molecule has 2 aromatic rings. The summed E-state index contributed by atoms with van der Waals surface area (Å²) in [5.41, 5.74) is 2.75. The summed E-state index contributed by atoms with van der Waals surface area (Å²) in [4.78, 5) is 16.2. The zero-order valence-corrected chi connectivity index (χ0v) is 11.4. The number of pyridine rings is 1.